The predicted octanol–water partition coefficient (Wildman–Crippen LogP) is 2.04. The number of benzene rings is 1. The van der Waals surface area contributed by atoms with Crippen molar-refractivity contribution in [2.24, 2.45) is 5.73 Å². The van der Waals surface area contributed by atoms with Gasteiger partial charge in [0, 0.05) is 18.7 Å². The number of carbonyl (C=O) groups is 1. The molecule has 0 aliphatic rings. The van der Waals surface area contributed by atoms with Gasteiger partial charge >= 0.3 is 0 Å². The molecule has 5 heteroatoms. The van der Waals surface area contributed by atoms with Gasteiger partial charge in [0.15, 0.2) is 6.10 Å². The average molecular weight is 287 g/mol. The Morgan fingerprint density at radius 2 is 1.95 bits per heavy atom. The standard InChI is InChI=1S/C14H22N2O2.ClH/c1-4-18-12(11-8-6-5-7-9-11)13(17)16-10-14(2,3)15;/h5-9,12H,4,10,15H2,1-3H3,(H,16,17);1H. The summed E-state index contributed by atoms with van der Waals surface area (Å²) in [5.74, 6) is -0.151. The van der Waals surface area contributed by atoms with Crippen LogP contribution in [0.3, 0.4) is 0 Å². The summed E-state index contributed by atoms with van der Waals surface area (Å²) in [6, 6.07) is 9.46. The maximum absolute atomic E-state index is 12.1. The minimum absolute atomic E-state index is 0. The van der Waals surface area contributed by atoms with Crippen LogP contribution >= 0.6 is 12.4 Å². The molecule has 1 unspecified atom stereocenters. The van der Waals surface area contributed by atoms with Crippen molar-refractivity contribution in [3.8, 4) is 0 Å². The highest BCUT2D eigenvalue weighted by Crippen LogP contribution is 2.17. The van der Waals surface area contributed by atoms with E-state index in [9.17, 15) is 4.79 Å². The molecule has 1 atom stereocenters. The van der Waals surface area contributed by atoms with Gasteiger partial charge in [0.1, 0.15) is 0 Å². The number of carbonyl (C=O) groups excluding carboxylic acids is 1. The molecule has 0 aliphatic carbocycles. The van der Waals surface area contributed by atoms with Crippen LogP contribution in [0.1, 0.15) is 32.4 Å². The molecule has 1 aromatic rings. The van der Waals surface area contributed by atoms with Gasteiger partial charge in [0.25, 0.3) is 5.91 Å². The smallest absolute Gasteiger partial charge is 0.253 e. The van der Waals surface area contributed by atoms with Crippen molar-refractivity contribution in [3.05, 3.63) is 35.9 Å². The minimum Gasteiger partial charge on any atom is -0.364 e. The maximum atomic E-state index is 12.1. The Balaban J connectivity index is 0.00000324. The summed E-state index contributed by atoms with van der Waals surface area (Å²) >= 11 is 0. The Hall–Kier alpha value is -1.10. The van der Waals surface area contributed by atoms with E-state index in [0.717, 1.165) is 5.56 Å². The molecule has 1 amide bonds. The molecule has 4 nitrogen and oxygen atoms in total. The summed E-state index contributed by atoms with van der Waals surface area (Å²) in [5.41, 5.74) is 6.27. The summed E-state index contributed by atoms with van der Waals surface area (Å²) in [5, 5.41) is 2.82. The van der Waals surface area contributed by atoms with Gasteiger partial charge in [-0.3, -0.25) is 4.79 Å². The number of nitrogens with one attached hydrogen (secondary N) is 1. The second-order valence-electron chi connectivity index (χ2n) is 4.95. The first-order chi connectivity index (χ1) is 8.44. The Kier molecular flexibility index (Phi) is 7.68. The lowest BCUT2D eigenvalue weighted by Crippen LogP contribution is -2.46. The van der Waals surface area contributed by atoms with E-state index < -0.39 is 11.6 Å². The van der Waals surface area contributed by atoms with Crippen molar-refractivity contribution in [1.82, 2.24) is 5.32 Å². The van der Waals surface area contributed by atoms with Gasteiger partial charge in [-0.25, -0.2) is 0 Å². The van der Waals surface area contributed by atoms with Crippen LogP contribution in [-0.4, -0.2) is 24.6 Å². The lowest BCUT2D eigenvalue weighted by atomic mass is 10.1. The fourth-order valence-corrected chi connectivity index (χ4v) is 1.53. The summed E-state index contributed by atoms with van der Waals surface area (Å²) in [6.45, 7) is 6.51. The highest BCUT2D eigenvalue weighted by Gasteiger charge is 2.22. The molecule has 0 heterocycles. The zero-order chi connectivity index (χ0) is 13.6. The quantitative estimate of drug-likeness (QED) is 0.841. The third-order valence-corrected chi connectivity index (χ3v) is 2.39. The van der Waals surface area contributed by atoms with E-state index in [1.165, 1.54) is 0 Å². The molecule has 0 saturated heterocycles. The summed E-state index contributed by atoms with van der Waals surface area (Å²) in [7, 11) is 0. The lowest BCUT2D eigenvalue weighted by molar-refractivity contribution is -0.133. The molecule has 108 valence electrons. The van der Waals surface area contributed by atoms with Crippen LogP contribution < -0.4 is 11.1 Å². The van der Waals surface area contributed by atoms with E-state index in [1.54, 1.807) is 0 Å². The normalized spacial score (nSPS) is 12.4. The van der Waals surface area contributed by atoms with Crippen LogP contribution in [0.25, 0.3) is 0 Å². The maximum Gasteiger partial charge on any atom is 0.253 e. The second kappa shape index (κ2) is 8.15. The lowest BCUT2D eigenvalue weighted by Gasteiger charge is -2.22. The molecule has 0 saturated carbocycles. The van der Waals surface area contributed by atoms with E-state index in [2.05, 4.69) is 5.32 Å². The van der Waals surface area contributed by atoms with Gasteiger partial charge in [0.05, 0.1) is 0 Å². The highest BCUT2D eigenvalue weighted by molar-refractivity contribution is 5.85. The largest absolute Gasteiger partial charge is 0.364 e. The van der Waals surface area contributed by atoms with Crippen LogP contribution in [0.15, 0.2) is 30.3 Å². The second-order valence-corrected chi connectivity index (χ2v) is 4.95. The average Bonchev–Trinajstić information content (AvgIpc) is 2.33. The highest BCUT2D eigenvalue weighted by atomic mass is 35.5. The van der Waals surface area contributed by atoms with Crippen LogP contribution in [-0.2, 0) is 9.53 Å². The van der Waals surface area contributed by atoms with E-state index in [4.69, 9.17) is 10.5 Å². The Morgan fingerprint density at radius 3 is 2.42 bits per heavy atom. The van der Waals surface area contributed by atoms with Gasteiger partial charge < -0.3 is 15.8 Å². The van der Waals surface area contributed by atoms with Gasteiger partial charge in [-0.15, -0.1) is 12.4 Å². The van der Waals surface area contributed by atoms with Crippen LogP contribution in [0.5, 0.6) is 0 Å². The topological polar surface area (TPSA) is 64.3 Å². The SMILES string of the molecule is CCOC(C(=O)NCC(C)(C)N)c1ccccc1.Cl. The third-order valence-electron chi connectivity index (χ3n) is 2.39. The van der Waals surface area contributed by atoms with E-state index in [-0.39, 0.29) is 18.3 Å². The molecule has 1 aromatic carbocycles. The van der Waals surface area contributed by atoms with Crippen molar-refractivity contribution < 1.29 is 9.53 Å². The Labute approximate surface area is 121 Å². The summed E-state index contributed by atoms with van der Waals surface area (Å²) in [4.78, 5) is 12.1. The monoisotopic (exact) mass is 286 g/mol. The molecule has 0 fully saturated rings. The Morgan fingerprint density at radius 1 is 1.37 bits per heavy atom. The number of hydrogen-bond acceptors (Lipinski definition) is 3. The molecule has 0 radical (unpaired) electrons. The molecule has 1 rings (SSSR count). The molecule has 0 aromatic heterocycles. The van der Waals surface area contributed by atoms with Gasteiger partial charge in [-0.1, -0.05) is 30.3 Å². The van der Waals surface area contributed by atoms with Crippen molar-refractivity contribution in [2.45, 2.75) is 32.4 Å². The van der Waals surface area contributed by atoms with Crippen LogP contribution in [0.4, 0.5) is 0 Å². The number of nitrogens with two attached hydrogens (primary N) is 1. The summed E-state index contributed by atoms with van der Waals surface area (Å²) < 4.78 is 5.50. The van der Waals surface area contributed by atoms with Gasteiger partial charge in [0.2, 0.25) is 0 Å². The van der Waals surface area contributed by atoms with Crippen molar-refractivity contribution in [2.75, 3.05) is 13.2 Å². The van der Waals surface area contributed by atoms with Crippen molar-refractivity contribution >= 4 is 18.3 Å². The molecule has 0 aliphatic heterocycles. The van der Waals surface area contributed by atoms with E-state index in [1.807, 2.05) is 51.1 Å². The molecule has 0 spiro atoms. The number of hydrogen-bond donors (Lipinski definition) is 2. The fourth-order valence-electron chi connectivity index (χ4n) is 1.53. The zero-order valence-corrected chi connectivity index (χ0v) is 12.5. The van der Waals surface area contributed by atoms with E-state index >= 15 is 0 Å². The number of ether oxygens (including phenoxy) is 1. The van der Waals surface area contributed by atoms with Gasteiger partial charge in [-0.2, -0.15) is 0 Å². The number of amides is 1. The molecular formula is C14H23ClN2O2. The zero-order valence-electron chi connectivity index (χ0n) is 11.7. The molecule has 0 bridgehead atoms. The Bertz CT molecular complexity index is 377. The van der Waals surface area contributed by atoms with Crippen molar-refractivity contribution in [3.63, 3.8) is 0 Å². The van der Waals surface area contributed by atoms with E-state index in [0.29, 0.717) is 13.2 Å². The predicted molar refractivity (Wildman–Crippen MR) is 79.3 cm³/mol. The van der Waals surface area contributed by atoms with Crippen LogP contribution in [0, 0.1) is 0 Å². The minimum atomic E-state index is -0.571. The fraction of sp³-hybridized carbons (Fsp3) is 0.500. The van der Waals surface area contributed by atoms with Gasteiger partial charge in [-0.05, 0) is 26.3 Å². The third kappa shape index (κ3) is 6.57. The first-order valence-electron chi connectivity index (χ1n) is 6.17. The number of halogens is 1. The van der Waals surface area contributed by atoms with Crippen LogP contribution in [0.2, 0.25) is 0 Å². The first kappa shape index (κ1) is 17.9. The summed E-state index contributed by atoms with van der Waals surface area (Å²) in [6.07, 6.45) is -0.571. The molecule has 3 N–H and O–H groups in total. The first-order valence-corrected chi connectivity index (χ1v) is 6.17. The van der Waals surface area contributed by atoms with Crippen molar-refractivity contribution in [1.29, 1.82) is 0 Å². The molecular weight excluding hydrogens is 264 g/mol. The number of rotatable bonds is 6. The molecule has 19 heavy (non-hydrogen) atoms.